The van der Waals surface area contributed by atoms with E-state index in [-0.39, 0.29) is 17.0 Å². The van der Waals surface area contributed by atoms with E-state index < -0.39 is 17.6 Å². The van der Waals surface area contributed by atoms with E-state index >= 15 is 0 Å². The molecule has 0 aliphatic rings. The number of aromatic nitrogens is 4. The second-order valence-corrected chi connectivity index (χ2v) is 7.53. The van der Waals surface area contributed by atoms with Gasteiger partial charge in [-0.05, 0) is 37.3 Å². The predicted octanol–water partition coefficient (Wildman–Crippen LogP) is 4.95. The van der Waals surface area contributed by atoms with Gasteiger partial charge in [0.25, 0.3) is 5.56 Å². The molecule has 6 nitrogen and oxygen atoms in total. The summed E-state index contributed by atoms with van der Waals surface area (Å²) in [5.74, 6) is -1.38. The SMILES string of the molecule is Cc1c(Nc2nc(C(F)(F)F)nc3ccc(Br)cc23)c(=O)n(-c2ccccc2)n1C. The van der Waals surface area contributed by atoms with Crippen molar-refractivity contribution in [2.75, 3.05) is 5.32 Å². The summed E-state index contributed by atoms with van der Waals surface area (Å²) in [5, 5.41) is 3.18. The Morgan fingerprint density at radius 1 is 1.07 bits per heavy atom. The van der Waals surface area contributed by atoms with E-state index in [9.17, 15) is 18.0 Å². The number of halogens is 4. The van der Waals surface area contributed by atoms with Gasteiger partial charge in [0.15, 0.2) is 0 Å². The van der Waals surface area contributed by atoms with Crippen LogP contribution >= 0.6 is 15.9 Å². The summed E-state index contributed by atoms with van der Waals surface area (Å²) in [6.45, 7) is 1.70. The zero-order valence-electron chi connectivity index (χ0n) is 15.8. The summed E-state index contributed by atoms with van der Waals surface area (Å²) in [5.41, 5.74) is 1.01. The average molecular weight is 478 g/mol. The fraction of sp³-hybridized carbons (Fsp3) is 0.150. The van der Waals surface area contributed by atoms with Crippen molar-refractivity contribution < 1.29 is 13.2 Å². The van der Waals surface area contributed by atoms with Crippen molar-refractivity contribution in [3.8, 4) is 5.69 Å². The number of hydrogen-bond donors (Lipinski definition) is 1. The van der Waals surface area contributed by atoms with Crippen LogP contribution in [0.3, 0.4) is 0 Å². The molecule has 0 amide bonds. The highest BCUT2D eigenvalue weighted by molar-refractivity contribution is 9.10. The van der Waals surface area contributed by atoms with E-state index in [1.54, 1.807) is 55.1 Å². The van der Waals surface area contributed by atoms with Crippen LogP contribution in [0.1, 0.15) is 11.5 Å². The smallest absolute Gasteiger partial charge is 0.334 e. The minimum absolute atomic E-state index is 0.0976. The molecule has 2 aromatic carbocycles. The molecule has 0 fully saturated rings. The number of nitrogens with one attached hydrogen (secondary N) is 1. The van der Waals surface area contributed by atoms with E-state index in [4.69, 9.17) is 0 Å². The van der Waals surface area contributed by atoms with Gasteiger partial charge >= 0.3 is 6.18 Å². The summed E-state index contributed by atoms with van der Waals surface area (Å²) in [6, 6.07) is 13.6. The molecule has 0 saturated carbocycles. The standard InChI is InChI=1S/C20H15BrF3N5O/c1-11-16(18(30)29(28(11)2)13-6-4-3-5-7-13)26-17-14-10-12(21)8-9-15(14)25-19(27-17)20(22,23)24/h3-10H,1-2H3,(H,25,26,27). The van der Waals surface area contributed by atoms with Crippen LogP contribution in [-0.4, -0.2) is 19.3 Å². The summed E-state index contributed by atoms with van der Waals surface area (Å²) in [4.78, 5) is 20.4. The first-order valence-electron chi connectivity index (χ1n) is 8.82. The van der Waals surface area contributed by atoms with Crippen LogP contribution in [0.25, 0.3) is 16.6 Å². The summed E-state index contributed by atoms with van der Waals surface area (Å²) < 4.78 is 43.7. The van der Waals surface area contributed by atoms with Gasteiger partial charge in [0.2, 0.25) is 5.82 Å². The Kier molecular flexibility index (Phi) is 4.89. The molecule has 2 aromatic heterocycles. The molecule has 0 aliphatic heterocycles. The topological polar surface area (TPSA) is 64.7 Å². The molecule has 4 aromatic rings. The van der Waals surface area contributed by atoms with Crippen molar-refractivity contribution in [3.63, 3.8) is 0 Å². The maximum Gasteiger partial charge on any atom is 0.451 e. The van der Waals surface area contributed by atoms with Crippen LogP contribution in [0.5, 0.6) is 0 Å². The minimum atomic E-state index is -4.73. The number of para-hydroxylation sites is 1. The van der Waals surface area contributed by atoms with Crippen LogP contribution in [0.15, 0.2) is 57.8 Å². The lowest BCUT2D eigenvalue weighted by Crippen LogP contribution is -2.20. The lowest BCUT2D eigenvalue weighted by molar-refractivity contribution is -0.144. The highest BCUT2D eigenvalue weighted by Gasteiger charge is 2.35. The zero-order chi connectivity index (χ0) is 21.6. The van der Waals surface area contributed by atoms with Gasteiger partial charge in [-0.3, -0.25) is 9.48 Å². The number of anilines is 2. The largest absolute Gasteiger partial charge is 0.451 e. The van der Waals surface area contributed by atoms with Crippen LogP contribution in [0.4, 0.5) is 24.7 Å². The number of fused-ring (bicyclic) bond motifs is 1. The van der Waals surface area contributed by atoms with Gasteiger partial charge in [0, 0.05) is 16.9 Å². The minimum Gasteiger partial charge on any atom is -0.334 e. The fourth-order valence-electron chi connectivity index (χ4n) is 3.15. The maximum absolute atomic E-state index is 13.3. The second-order valence-electron chi connectivity index (χ2n) is 6.62. The van der Waals surface area contributed by atoms with E-state index in [1.165, 1.54) is 10.7 Å². The fourth-order valence-corrected chi connectivity index (χ4v) is 3.51. The van der Waals surface area contributed by atoms with Crippen LogP contribution in [0.2, 0.25) is 0 Å². The lowest BCUT2D eigenvalue weighted by Gasteiger charge is -2.12. The summed E-state index contributed by atoms with van der Waals surface area (Å²) in [6.07, 6.45) is -4.73. The first-order chi connectivity index (χ1) is 14.2. The third-order valence-electron chi connectivity index (χ3n) is 4.71. The Labute approximate surface area is 177 Å². The molecule has 0 saturated heterocycles. The Morgan fingerprint density at radius 2 is 1.77 bits per heavy atom. The first kappa shape index (κ1) is 20.1. The predicted molar refractivity (Wildman–Crippen MR) is 111 cm³/mol. The van der Waals surface area contributed by atoms with E-state index in [0.717, 1.165) is 0 Å². The van der Waals surface area contributed by atoms with E-state index in [1.807, 2.05) is 6.07 Å². The molecule has 0 unspecified atom stereocenters. The molecule has 0 bridgehead atoms. The van der Waals surface area contributed by atoms with E-state index in [0.29, 0.717) is 21.2 Å². The summed E-state index contributed by atoms with van der Waals surface area (Å²) >= 11 is 3.31. The Morgan fingerprint density at radius 3 is 2.43 bits per heavy atom. The molecule has 0 aliphatic carbocycles. The number of alkyl halides is 3. The van der Waals surface area contributed by atoms with Crippen molar-refractivity contribution in [3.05, 3.63) is 74.9 Å². The maximum atomic E-state index is 13.3. The first-order valence-corrected chi connectivity index (χ1v) is 9.61. The highest BCUT2D eigenvalue weighted by Crippen LogP contribution is 2.32. The van der Waals surface area contributed by atoms with Crippen LogP contribution in [0, 0.1) is 6.92 Å². The molecule has 1 N–H and O–H groups in total. The Bertz CT molecular complexity index is 1310. The quantitative estimate of drug-likeness (QED) is 0.453. The number of benzene rings is 2. The molecule has 154 valence electrons. The molecule has 0 radical (unpaired) electrons. The number of nitrogens with zero attached hydrogens (tertiary/aromatic N) is 4. The average Bonchev–Trinajstić information content (AvgIpc) is 2.91. The Hall–Kier alpha value is -3.14. The third kappa shape index (κ3) is 3.47. The lowest BCUT2D eigenvalue weighted by atomic mass is 10.2. The number of rotatable bonds is 3. The molecule has 10 heteroatoms. The van der Waals surface area contributed by atoms with Gasteiger partial charge < -0.3 is 5.32 Å². The van der Waals surface area contributed by atoms with Gasteiger partial charge in [-0.25, -0.2) is 14.6 Å². The molecular formula is C20H15BrF3N5O. The third-order valence-corrected chi connectivity index (χ3v) is 5.20. The van der Waals surface area contributed by atoms with Crippen molar-refractivity contribution in [1.82, 2.24) is 19.3 Å². The highest BCUT2D eigenvalue weighted by atomic mass is 79.9. The second kappa shape index (κ2) is 7.28. The van der Waals surface area contributed by atoms with E-state index in [2.05, 4.69) is 31.2 Å². The van der Waals surface area contributed by atoms with Crippen molar-refractivity contribution in [2.45, 2.75) is 13.1 Å². The van der Waals surface area contributed by atoms with Gasteiger partial charge in [0.05, 0.1) is 16.9 Å². The zero-order valence-corrected chi connectivity index (χ0v) is 17.4. The monoisotopic (exact) mass is 477 g/mol. The molecule has 2 heterocycles. The normalized spacial score (nSPS) is 11.8. The van der Waals surface area contributed by atoms with Gasteiger partial charge in [-0.15, -0.1) is 0 Å². The van der Waals surface area contributed by atoms with Crippen molar-refractivity contribution in [1.29, 1.82) is 0 Å². The Balaban J connectivity index is 1.92. The number of hydrogen-bond acceptors (Lipinski definition) is 4. The van der Waals surface area contributed by atoms with Crippen molar-refractivity contribution >= 4 is 38.3 Å². The molecule has 4 rings (SSSR count). The van der Waals surface area contributed by atoms with Gasteiger partial charge in [-0.2, -0.15) is 13.2 Å². The molecular weight excluding hydrogens is 463 g/mol. The molecule has 30 heavy (non-hydrogen) atoms. The summed E-state index contributed by atoms with van der Waals surface area (Å²) in [7, 11) is 1.70. The van der Waals surface area contributed by atoms with Crippen LogP contribution in [-0.2, 0) is 13.2 Å². The van der Waals surface area contributed by atoms with Crippen LogP contribution < -0.4 is 10.9 Å². The molecule has 0 atom stereocenters. The molecule has 0 spiro atoms. The van der Waals surface area contributed by atoms with Gasteiger partial charge in [0.1, 0.15) is 11.5 Å². The van der Waals surface area contributed by atoms with Crippen molar-refractivity contribution in [2.24, 2.45) is 7.05 Å². The van der Waals surface area contributed by atoms with Gasteiger partial charge in [-0.1, -0.05) is 34.1 Å².